The van der Waals surface area contributed by atoms with Crippen molar-refractivity contribution in [1.82, 2.24) is 5.32 Å². The van der Waals surface area contributed by atoms with Gasteiger partial charge in [0.1, 0.15) is 3.81 Å². The molecule has 0 aromatic carbocycles. The maximum absolute atomic E-state index is 11.0. The highest BCUT2D eigenvalue weighted by Gasteiger charge is 2.28. The second-order valence-electron chi connectivity index (χ2n) is 2.37. The fourth-order valence-corrected chi connectivity index (χ4v) is 2.79. The summed E-state index contributed by atoms with van der Waals surface area (Å²) >= 11 is 2.87. The monoisotopic (exact) mass is 254 g/mol. The predicted molar refractivity (Wildman–Crippen MR) is 47.3 cm³/mol. The molecule has 1 heterocycles. The Bertz CT molecular complexity index is 335. The molecule has 2 amide bonds. The van der Waals surface area contributed by atoms with E-state index < -0.39 is 21.9 Å². The number of hydrogen-bond acceptors (Lipinski definition) is 3. The number of sulfone groups is 1. The first-order valence-corrected chi connectivity index (χ1v) is 5.52. The normalized spacial score (nSPS) is 26.4. The average Bonchev–Trinajstić information content (AvgIpc) is 2.04. The molecule has 7 heteroatoms. The van der Waals surface area contributed by atoms with Crippen molar-refractivity contribution in [3.05, 3.63) is 9.89 Å². The molecular formula is C5H7BrN2O3S. The number of amides is 2. The molecule has 0 aliphatic carbocycles. The van der Waals surface area contributed by atoms with Crippen LogP contribution in [0.15, 0.2) is 9.89 Å². The van der Waals surface area contributed by atoms with Crippen molar-refractivity contribution >= 4 is 31.8 Å². The van der Waals surface area contributed by atoms with Gasteiger partial charge in [0, 0.05) is 0 Å². The van der Waals surface area contributed by atoms with Gasteiger partial charge in [0.05, 0.1) is 11.8 Å². The number of urea groups is 1. The zero-order valence-corrected chi connectivity index (χ0v) is 8.35. The lowest BCUT2D eigenvalue weighted by molar-refractivity contribution is 0.248. The molecule has 12 heavy (non-hydrogen) atoms. The zero-order valence-electron chi connectivity index (χ0n) is 5.95. The van der Waals surface area contributed by atoms with Crippen molar-refractivity contribution in [3.63, 3.8) is 0 Å². The number of nitrogens with two attached hydrogens (primary N) is 1. The van der Waals surface area contributed by atoms with Crippen LogP contribution in [0.25, 0.3) is 0 Å². The summed E-state index contributed by atoms with van der Waals surface area (Å²) in [7, 11) is -3.21. The van der Waals surface area contributed by atoms with Crippen molar-refractivity contribution in [3.8, 4) is 0 Å². The minimum atomic E-state index is -3.21. The summed E-state index contributed by atoms with van der Waals surface area (Å²) in [6, 6.07) is -1.24. The second-order valence-corrected chi connectivity index (χ2v) is 5.75. The number of nitrogens with one attached hydrogen (secondary N) is 1. The molecule has 1 rings (SSSR count). The third kappa shape index (κ3) is 1.98. The van der Waals surface area contributed by atoms with Crippen LogP contribution in [0.3, 0.4) is 0 Å². The summed E-state index contributed by atoms with van der Waals surface area (Å²) in [6.07, 6.45) is 1.40. The van der Waals surface area contributed by atoms with Gasteiger partial charge < -0.3 is 11.1 Å². The highest BCUT2D eigenvalue weighted by atomic mass is 79.9. The Morgan fingerprint density at radius 1 is 1.75 bits per heavy atom. The highest BCUT2D eigenvalue weighted by Crippen LogP contribution is 2.23. The van der Waals surface area contributed by atoms with E-state index in [0.29, 0.717) is 0 Å². The van der Waals surface area contributed by atoms with Gasteiger partial charge in [-0.1, -0.05) is 0 Å². The van der Waals surface area contributed by atoms with Crippen LogP contribution in [0.2, 0.25) is 0 Å². The molecule has 0 saturated heterocycles. The van der Waals surface area contributed by atoms with Gasteiger partial charge in [-0.2, -0.15) is 0 Å². The topological polar surface area (TPSA) is 89.3 Å². The molecule has 0 unspecified atom stereocenters. The van der Waals surface area contributed by atoms with Crippen LogP contribution in [0.1, 0.15) is 0 Å². The van der Waals surface area contributed by atoms with E-state index in [-0.39, 0.29) is 9.57 Å². The molecule has 0 saturated carbocycles. The molecule has 68 valence electrons. The van der Waals surface area contributed by atoms with Gasteiger partial charge in [-0.3, -0.25) is 0 Å². The minimum absolute atomic E-state index is 0.105. The zero-order chi connectivity index (χ0) is 9.35. The molecule has 0 spiro atoms. The van der Waals surface area contributed by atoms with Crippen LogP contribution < -0.4 is 11.1 Å². The van der Waals surface area contributed by atoms with E-state index in [1.165, 1.54) is 6.08 Å². The molecular weight excluding hydrogens is 248 g/mol. The number of primary amides is 1. The van der Waals surface area contributed by atoms with Crippen LogP contribution in [-0.4, -0.2) is 26.2 Å². The minimum Gasteiger partial charge on any atom is -0.352 e. The summed E-state index contributed by atoms with van der Waals surface area (Å²) in [6.45, 7) is 0. The molecule has 1 atom stereocenters. The number of carbonyl (C=O) groups is 1. The van der Waals surface area contributed by atoms with Crippen LogP contribution in [-0.2, 0) is 9.84 Å². The highest BCUT2D eigenvalue weighted by molar-refractivity contribution is 9.13. The molecule has 1 aliphatic rings. The Labute approximate surface area is 78.0 Å². The first kappa shape index (κ1) is 9.53. The smallest absolute Gasteiger partial charge is 0.312 e. The van der Waals surface area contributed by atoms with Crippen LogP contribution in [0, 0.1) is 0 Å². The Hall–Kier alpha value is -0.560. The SMILES string of the molecule is NC(=O)N[C@@H]1C=C(Br)S(=O)(=O)C1. The van der Waals surface area contributed by atoms with Gasteiger partial charge in [-0.25, -0.2) is 13.2 Å². The van der Waals surface area contributed by atoms with Crippen LogP contribution >= 0.6 is 15.9 Å². The summed E-state index contributed by atoms with van der Waals surface area (Å²) in [5.74, 6) is -0.128. The van der Waals surface area contributed by atoms with Crippen molar-refractivity contribution in [2.75, 3.05) is 5.75 Å². The lowest BCUT2D eigenvalue weighted by Gasteiger charge is -2.04. The quantitative estimate of drug-likeness (QED) is 0.673. The van der Waals surface area contributed by atoms with Crippen LogP contribution in [0.4, 0.5) is 4.79 Å². The third-order valence-electron chi connectivity index (χ3n) is 1.36. The van der Waals surface area contributed by atoms with E-state index in [9.17, 15) is 13.2 Å². The largest absolute Gasteiger partial charge is 0.352 e. The predicted octanol–water partition coefficient (Wildman–Crippen LogP) is -0.312. The van der Waals surface area contributed by atoms with Gasteiger partial charge in [0.2, 0.25) is 0 Å². The standard InChI is InChI=1S/C5H7BrN2O3S/c6-4-1-3(8-5(7)9)2-12(4,10)11/h1,3H,2H2,(H3,7,8,9)/t3-/m1/s1. The Balaban J connectivity index is 2.74. The van der Waals surface area contributed by atoms with Crippen LogP contribution in [0.5, 0.6) is 0 Å². The average molecular weight is 255 g/mol. The molecule has 0 aromatic heterocycles. The van der Waals surface area contributed by atoms with Gasteiger partial charge in [0.15, 0.2) is 9.84 Å². The summed E-state index contributed by atoms with van der Waals surface area (Å²) in [4.78, 5) is 10.3. The maximum atomic E-state index is 11.0. The Kier molecular flexibility index (Phi) is 2.43. The summed E-state index contributed by atoms with van der Waals surface area (Å²) in [5.41, 5.74) is 4.82. The first-order chi connectivity index (χ1) is 5.42. The van der Waals surface area contributed by atoms with E-state index in [0.717, 1.165) is 0 Å². The number of carbonyl (C=O) groups excluding carboxylic acids is 1. The fraction of sp³-hybridized carbons (Fsp3) is 0.400. The molecule has 0 bridgehead atoms. The Morgan fingerprint density at radius 2 is 2.33 bits per heavy atom. The lowest BCUT2D eigenvalue weighted by Crippen LogP contribution is -2.39. The number of halogens is 1. The van der Waals surface area contributed by atoms with Gasteiger partial charge in [0.25, 0.3) is 0 Å². The van der Waals surface area contributed by atoms with E-state index in [4.69, 9.17) is 5.73 Å². The van der Waals surface area contributed by atoms with Gasteiger partial charge in [-0.15, -0.1) is 0 Å². The summed E-state index contributed by atoms with van der Waals surface area (Å²) in [5, 5.41) is 2.28. The van der Waals surface area contributed by atoms with Crippen molar-refractivity contribution in [1.29, 1.82) is 0 Å². The van der Waals surface area contributed by atoms with Crippen molar-refractivity contribution in [2.24, 2.45) is 5.73 Å². The van der Waals surface area contributed by atoms with E-state index in [1.807, 2.05) is 0 Å². The van der Waals surface area contributed by atoms with E-state index in [1.54, 1.807) is 0 Å². The molecule has 1 aliphatic heterocycles. The number of hydrogen-bond donors (Lipinski definition) is 2. The molecule has 0 radical (unpaired) electrons. The van der Waals surface area contributed by atoms with Gasteiger partial charge in [-0.05, 0) is 22.0 Å². The molecule has 0 fully saturated rings. The number of rotatable bonds is 1. The first-order valence-electron chi connectivity index (χ1n) is 3.08. The molecule has 3 N–H and O–H groups in total. The fourth-order valence-electron chi connectivity index (χ4n) is 0.892. The lowest BCUT2D eigenvalue weighted by atomic mass is 10.3. The third-order valence-corrected chi connectivity index (χ3v) is 4.63. The molecule has 5 nitrogen and oxygen atoms in total. The Morgan fingerprint density at radius 3 is 2.67 bits per heavy atom. The second kappa shape index (κ2) is 3.06. The summed E-state index contributed by atoms with van der Waals surface area (Å²) < 4.78 is 22.2. The van der Waals surface area contributed by atoms with E-state index >= 15 is 0 Å². The van der Waals surface area contributed by atoms with Crippen molar-refractivity contribution in [2.45, 2.75) is 6.04 Å². The molecule has 0 aromatic rings. The van der Waals surface area contributed by atoms with Gasteiger partial charge >= 0.3 is 6.03 Å². The van der Waals surface area contributed by atoms with E-state index in [2.05, 4.69) is 21.2 Å². The van der Waals surface area contributed by atoms with Crippen molar-refractivity contribution < 1.29 is 13.2 Å². The maximum Gasteiger partial charge on any atom is 0.312 e.